The number of rotatable bonds is 4. The van der Waals surface area contributed by atoms with Gasteiger partial charge in [0.2, 0.25) is 5.91 Å². The van der Waals surface area contributed by atoms with Crippen molar-refractivity contribution in [3.05, 3.63) is 46.7 Å². The Labute approximate surface area is 163 Å². The van der Waals surface area contributed by atoms with Crippen molar-refractivity contribution in [1.29, 1.82) is 0 Å². The molecule has 3 heterocycles. The highest BCUT2D eigenvalue weighted by Crippen LogP contribution is 2.39. The molecular formula is C20H25FN4OS. The molecule has 1 amide bonds. The minimum Gasteiger partial charge on any atom is -0.340 e. The molecule has 2 saturated heterocycles. The number of likely N-dealkylation sites (tertiary alicyclic amines) is 2. The molecule has 0 radical (unpaired) electrons. The fraction of sp³-hybridized carbons (Fsp3) is 0.550. The van der Waals surface area contributed by atoms with Crippen molar-refractivity contribution in [3.63, 3.8) is 0 Å². The van der Waals surface area contributed by atoms with Gasteiger partial charge in [-0.05, 0) is 54.5 Å². The van der Waals surface area contributed by atoms with Crippen LogP contribution < -0.4 is 0 Å². The lowest BCUT2D eigenvalue weighted by Gasteiger charge is -2.31. The maximum atomic E-state index is 13.4. The predicted octanol–water partition coefficient (Wildman–Crippen LogP) is 3.12. The van der Waals surface area contributed by atoms with E-state index in [0.29, 0.717) is 25.6 Å². The first-order chi connectivity index (χ1) is 13.1. The molecule has 0 N–H and O–H groups in total. The van der Waals surface area contributed by atoms with Gasteiger partial charge in [0.15, 0.2) is 0 Å². The van der Waals surface area contributed by atoms with Crippen molar-refractivity contribution in [3.8, 4) is 0 Å². The first kappa shape index (κ1) is 18.5. The molecule has 1 aromatic carbocycles. The second-order valence-electron chi connectivity index (χ2n) is 7.88. The summed E-state index contributed by atoms with van der Waals surface area (Å²) in [6, 6.07) is 6.64. The highest BCUT2D eigenvalue weighted by atomic mass is 32.1. The minimum absolute atomic E-state index is 0.110. The summed E-state index contributed by atoms with van der Waals surface area (Å²) in [7, 11) is 0. The summed E-state index contributed by atoms with van der Waals surface area (Å²) in [5.74, 6) is 0.834. The van der Waals surface area contributed by atoms with Crippen LogP contribution in [-0.2, 0) is 4.79 Å². The van der Waals surface area contributed by atoms with Crippen LogP contribution in [0.5, 0.6) is 0 Å². The molecule has 5 nitrogen and oxygen atoms in total. The lowest BCUT2D eigenvalue weighted by molar-refractivity contribution is -0.131. The molecule has 0 saturated carbocycles. The van der Waals surface area contributed by atoms with Crippen molar-refractivity contribution >= 4 is 17.4 Å². The van der Waals surface area contributed by atoms with Crippen LogP contribution in [0.3, 0.4) is 0 Å². The van der Waals surface area contributed by atoms with Crippen LogP contribution in [0.4, 0.5) is 4.39 Å². The third-order valence-electron chi connectivity index (χ3n) is 5.83. The van der Waals surface area contributed by atoms with Gasteiger partial charge < -0.3 is 4.90 Å². The van der Waals surface area contributed by atoms with Gasteiger partial charge in [0, 0.05) is 36.9 Å². The van der Waals surface area contributed by atoms with E-state index in [1.54, 1.807) is 0 Å². The summed E-state index contributed by atoms with van der Waals surface area (Å²) in [4.78, 5) is 17.2. The highest BCUT2D eigenvalue weighted by molar-refractivity contribution is 7.03. The maximum absolute atomic E-state index is 13.4. The number of aromatic nitrogens is 2. The molecule has 2 aromatic rings. The number of nitrogens with zero attached hydrogens (tertiary/aromatic N) is 4. The van der Waals surface area contributed by atoms with Crippen LogP contribution in [0.15, 0.2) is 29.6 Å². The van der Waals surface area contributed by atoms with Crippen LogP contribution in [0, 0.1) is 11.7 Å². The minimum atomic E-state index is -0.240. The van der Waals surface area contributed by atoms with Crippen molar-refractivity contribution in [1.82, 2.24) is 19.4 Å². The molecule has 1 aromatic heterocycles. The fourth-order valence-electron chi connectivity index (χ4n) is 4.41. The molecule has 3 atom stereocenters. The SMILES string of the molecule is C[C@@H]1CCCN(CC(=O)N2C[C@@H](c3ccc(F)cc3)[C@H](c3csnn3)C2)C1. The summed E-state index contributed by atoms with van der Waals surface area (Å²) < 4.78 is 17.4. The molecule has 2 fully saturated rings. The predicted molar refractivity (Wildman–Crippen MR) is 103 cm³/mol. The summed E-state index contributed by atoms with van der Waals surface area (Å²) in [6.45, 7) is 6.04. The second kappa shape index (κ2) is 8.02. The van der Waals surface area contributed by atoms with E-state index in [-0.39, 0.29) is 23.6 Å². The van der Waals surface area contributed by atoms with Gasteiger partial charge in [-0.1, -0.05) is 23.5 Å². The first-order valence-electron chi connectivity index (χ1n) is 9.62. The van der Waals surface area contributed by atoms with Gasteiger partial charge in [-0.25, -0.2) is 4.39 Å². The molecule has 0 aliphatic carbocycles. The lowest BCUT2D eigenvalue weighted by Crippen LogP contribution is -2.43. The molecule has 2 aliphatic heterocycles. The molecule has 7 heteroatoms. The van der Waals surface area contributed by atoms with E-state index >= 15 is 0 Å². The van der Waals surface area contributed by atoms with Crippen molar-refractivity contribution in [2.45, 2.75) is 31.6 Å². The van der Waals surface area contributed by atoms with Gasteiger partial charge in [0.1, 0.15) is 5.82 Å². The Kier molecular flexibility index (Phi) is 5.50. The van der Waals surface area contributed by atoms with Gasteiger partial charge in [-0.2, -0.15) is 0 Å². The first-order valence-corrected chi connectivity index (χ1v) is 10.5. The van der Waals surface area contributed by atoms with Gasteiger partial charge in [0.05, 0.1) is 12.2 Å². The fourth-order valence-corrected chi connectivity index (χ4v) is 4.93. The molecule has 0 bridgehead atoms. The maximum Gasteiger partial charge on any atom is 0.236 e. The van der Waals surface area contributed by atoms with Crippen LogP contribution in [0.1, 0.15) is 42.9 Å². The zero-order valence-corrected chi connectivity index (χ0v) is 16.4. The van der Waals surface area contributed by atoms with Gasteiger partial charge >= 0.3 is 0 Å². The largest absolute Gasteiger partial charge is 0.340 e. The van der Waals surface area contributed by atoms with Crippen molar-refractivity contribution in [2.75, 3.05) is 32.7 Å². The van der Waals surface area contributed by atoms with E-state index in [0.717, 1.165) is 24.3 Å². The van der Waals surface area contributed by atoms with E-state index < -0.39 is 0 Å². The quantitative estimate of drug-likeness (QED) is 0.808. The van der Waals surface area contributed by atoms with E-state index in [1.165, 1.54) is 36.5 Å². The normalized spacial score (nSPS) is 26.4. The third kappa shape index (κ3) is 4.19. The Balaban J connectivity index is 1.49. The van der Waals surface area contributed by atoms with E-state index in [2.05, 4.69) is 21.4 Å². The smallest absolute Gasteiger partial charge is 0.236 e. The Morgan fingerprint density at radius 2 is 2.00 bits per heavy atom. The molecule has 27 heavy (non-hydrogen) atoms. The van der Waals surface area contributed by atoms with Crippen LogP contribution in [0.25, 0.3) is 0 Å². The van der Waals surface area contributed by atoms with E-state index in [9.17, 15) is 9.18 Å². The number of carbonyl (C=O) groups excluding carboxylic acids is 1. The number of halogens is 1. The Morgan fingerprint density at radius 3 is 2.70 bits per heavy atom. The average Bonchev–Trinajstić information content (AvgIpc) is 3.32. The summed E-state index contributed by atoms with van der Waals surface area (Å²) in [6.07, 6.45) is 2.42. The summed E-state index contributed by atoms with van der Waals surface area (Å²) in [5, 5.41) is 6.22. The molecule has 4 rings (SSSR count). The third-order valence-corrected chi connectivity index (χ3v) is 6.35. The summed E-state index contributed by atoms with van der Waals surface area (Å²) in [5.41, 5.74) is 1.98. The van der Waals surface area contributed by atoms with Crippen LogP contribution >= 0.6 is 11.5 Å². The monoisotopic (exact) mass is 388 g/mol. The number of hydrogen-bond acceptors (Lipinski definition) is 5. The lowest BCUT2D eigenvalue weighted by atomic mass is 9.87. The Bertz CT molecular complexity index is 767. The number of piperidine rings is 1. The van der Waals surface area contributed by atoms with Crippen molar-refractivity contribution < 1.29 is 9.18 Å². The van der Waals surface area contributed by atoms with E-state index in [4.69, 9.17) is 0 Å². The zero-order valence-electron chi connectivity index (χ0n) is 15.6. The van der Waals surface area contributed by atoms with Gasteiger partial charge in [-0.3, -0.25) is 9.69 Å². The zero-order chi connectivity index (χ0) is 18.8. The Morgan fingerprint density at radius 1 is 1.22 bits per heavy atom. The number of carbonyl (C=O) groups is 1. The highest BCUT2D eigenvalue weighted by Gasteiger charge is 2.38. The molecule has 144 valence electrons. The molecular weight excluding hydrogens is 363 g/mol. The molecule has 0 spiro atoms. The molecule has 0 unspecified atom stereocenters. The second-order valence-corrected chi connectivity index (χ2v) is 8.49. The average molecular weight is 389 g/mol. The van der Waals surface area contributed by atoms with E-state index in [1.807, 2.05) is 22.4 Å². The molecule has 2 aliphatic rings. The van der Waals surface area contributed by atoms with Gasteiger partial charge in [0.25, 0.3) is 0 Å². The standard InChI is InChI=1S/C20H25FN4OS/c1-14-3-2-8-24(9-14)12-20(26)25-10-17(15-4-6-16(21)7-5-15)18(11-25)19-13-27-23-22-19/h4-7,13-14,17-18H,2-3,8-12H2,1H3/t14-,17+,18-/m1/s1. The van der Waals surface area contributed by atoms with Crippen molar-refractivity contribution in [2.24, 2.45) is 5.92 Å². The topological polar surface area (TPSA) is 49.3 Å². The number of amides is 1. The number of benzene rings is 1. The van der Waals surface area contributed by atoms with Crippen LogP contribution in [-0.4, -0.2) is 58.0 Å². The Hall–Kier alpha value is -1.86. The van der Waals surface area contributed by atoms with Gasteiger partial charge in [-0.15, -0.1) is 5.10 Å². The summed E-state index contributed by atoms with van der Waals surface area (Å²) >= 11 is 1.33. The number of hydrogen-bond donors (Lipinski definition) is 0. The van der Waals surface area contributed by atoms with Crippen LogP contribution in [0.2, 0.25) is 0 Å².